The quantitative estimate of drug-likeness (QED) is 0.109. The molecular formula is C40H38Cl4N2O3. The topological polar surface area (TPSA) is 50.8 Å². The molecule has 49 heavy (non-hydrogen) atoms. The van der Waals surface area contributed by atoms with Gasteiger partial charge in [0.05, 0.1) is 26.1 Å². The van der Waals surface area contributed by atoms with Crippen LogP contribution in [-0.2, 0) is 24.2 Å². The van der Waals surface area contributed by atoms with Crippen molar-refractivity contribution < 1.29 is 14.3 Å². The Morgan fingerprint density at radius 1 is 0.796 bits per heavy atom. The van der Waals surface area contributed by atoms with Gasteiger partial charge in [-0.05, 0) is 103 Å². The molecule has 1 unspecified atom stereocenters. The molecule has 5 aromatic rings. The molecule has 0 radical (unpaired) electrons. The van der Waals surface area contributed by atoms with E-state index in [9.17, 15) is 4.79 Å². The molecule has 0 aromatic heterocycles. The van der Waals surface area contributed by atoms with E-state index in [0.717, 1.165) is 36.0 Å². The Morgan fingerprint density at radius 3 is 2.22 bits per heavy atom. The lowest BCUT2D eigenvalue weighted by Crippen LogP contribution is -2.48. The first kappa shape index (κ1) is 35.4. The summed E-state index contributed by atoms with van der Waals surface area (Å²) in [6, 6.07) is 31.7. The molecular weight excluding hydrogens is 698 g/mol. The van der Waals surface area contributed by atoms with Gasteiger partial charge in [0.25, 0.3) is 0 Å². The van der Waals surface area contributed by atoms with Crippen molar-refractivity contribution in [2.45, 2.75) is 51.2 Å². The minimum atomic E-state index is -0.428. The Hall–Kier alpha value is -3.45. The second-order valence-electron chi connectivity index (χ2n) is 12.5. The lowest BCUT2D eigenvalue weighted by atomic mass is 10.0. The van der Waals surface area contributed by atoms with Crippen LogP contribution in [-0.4, -0.2) is 42.6 Å². The van der Waals surface area contributed by atoms with Crippen LogP contribution in [0.15, 0.2) is 97.1 Å². The Morgan fingerprint density at radius 2 is 1.49 bits per heavy atom. The van der Waals surface area contributed by atoms with E-state index in [1.165, 1.54) is 16.3 Å². The molecule has 5 nitrogen and oxygen atoms in total. The van der Waals surface area contributed by atoms with E-state index in [1.807, 2.05) is 60.4 Å². The minimum absolute atomic E-state index is 0.0583. The molecule has 6 rings (SSSR count). The number of carbonyl (C=O) groups excluding carboxylic acids is 1. The molecule has 0 heterocycles. The predicted molar refractivity (Wildman–Crippen MR) is 202 cm³/mol. The van der Waals surface area contributed by atoms with Crippen molar-refractivity contribution in [1.29, 1.82) is 0 Å². The maximum atomic E-state index is 14.3. The normalized spacial score (nSPS) is 13.3. The van der Waals surface area contributed by atoms with Gasteiger partial charge in [0.1, 0.15) is 19.0 Å². The summed E-state index contributed by atoms with van der Waals surface area (Å²) in [5.41, 5.74) is 4.06. The van der Waals surface area contributed by atoms with Gasteiger partial charge in [0.2, 0.25) is 5.91 Å². The van der Waals surface area contributed by atoms with E-state index < -0.39 is 6.04 Å². The first-order chi connectivity index (χ1) is 23.7. The van der Waals surface area contributed by atoms with Gasteiger partial charge < -0.3 is 19.7 Å². The molecule has 0 spiro atoms. The standard InChI is InChI=1S/C40H38Cl4N2O3/c1-26-21-35(42)39(36(43)22-26)49-20-19-48-33-15-10-27(11-16-33)24-37(45-18-17-28-9-12-29-5-2-3-6-30(29)23-28)40(47)46(32-13-14-32)25-31-7-4-8-34(41)38(31)44/h2-12,15-16,21-23,32,37,45H,13-14,17-20,24-25H2,1H3. The fourth-order valence-corrected chi connectivity index (χ4v) is 7.03. The minimum Gasteiger partial charge on any atom is -0.490 e. The molecule has 1 amide bonds. The lowest BCUT2D eigenvalue weighted by molar-refractivity contribution is -0.134. The summed E-state index contributed by atoms with van der Waals surface area (Å²) in [6.45, 7) is 3.60. The van der Waals surface area contributed by atoms with Gasteiger partial charge in [0.15, 0.2) is 5.75 Å². The van der Waals surface area contributed by atoms with E-state index >= 15 is 0 Å². The molecule has 0 bridgehead atoms. The van der Waals surface area contributed by atoms with E-state index in [0.29, 0.717) is 57.7 Å². The average Bonchev–Trinajstić information content (AvgIpc) is 3.94. The second kappa shape index (κ2) is 16.5. The Labute approximate surface area is 308 Å². The first-order valence-corrected chi connectivity index (χ1v) is 18.0. The SMILES string of the molecule is Cc1cc(Cl)c(OCCOc2ccc(CC(NCCc3ccc4ccccc4c3)C(=O)N(Cc3cccc(Cl)c3Cl)C3CC3)cc2)c(Cl)c1. The van der Waals surface area contributed by atoms with E-state index in [4.69, 9.17) is 55.9 Å². The van der Waals surface area contributed by atoms with E-state index in [2.05, 4.69) is 47.8 Å². The average molecular weight is 737 g/mol. The van der Waals surface area contributed by atoms with Crippen LogP contribution in [0.25, 0.3) is 10.8 Å². The Balaban J connectivity index is 1.12. The number of hydrogen-bond acceptors (Lipinski definition) is 4. The van der Waals surface area contributed by atoms with Gasteiger partial charge in [-0.15, -0.1) is 0 Å². The molecule has 1 aliphatic carbocycles. The molecule has 0 saturated heterocycles. The molecule has 1 saturated carbocycles. The van der Waals surface area contributed by atoms with E-state index in [-0.39, 0.29) is 18.6 Å². The molecule has 1 N–H and O–H groups in total. The number of aryl methyl sites for hydroxylation is 1. The number of ether oxygens (including phenoxy) is 2. The molecule has 1 fully saturated rings. The van der Waals surface area contributed by atoms with Crippen LogP contribution in [0, 0.1) is 6.92 Å². The third-order valence-electron chi connectivity index (χ3n) is 8.66. The summed E-state index contributed by atoms with van der Waals surface area (Å²) >= 11 is 25.5. The monoisotopic (exact) mass is 734 g/mol. The lowest BCUT2D eigenvalue weighted by Gasteiger charge is -2.29. The molecule has 5 aromatic carbocycles. The number of halogens is 4. The number of nitrogens with zero attached hydrogens (tertiary/aromatic N) is 1. The zero-order valence-electron chi connectivity index (χ0n) is 27.2. The fraction of sp³-hybridized carbons (Fsp3) is 0.275. The predicted octanol–water partition coefficient (Wildman–Crippen LogP) is 10.2. The third kappa shape index (κ3) is 9.42. The number of nitrogens with one attached hydrogen (secondary N) is 1. The van der Waals surface area contributed by atoms with Gasteiger partial charge >= 0.3 is 0 Å². The smallest absolute Gasteiger partial charge is 0.240 e. The van der Waals surface area contributed by atoms with E-state index in [1.54, 1.807) is 6.07 Å². The summed E-state index contributed by atoms with van der Waals surface area (Å²) in [4.78, 5) is 16.3. The number of rotatable bonds is 15. The highest BCUT2D eigenvalue weighted by Crippen LogP contribution is 2.35. The highest BCUT2D eigenvalue weighted by atomic mass is 35.5. The van der Waals surface area contributed by atoms with Gasteiger partial charge in [-0.25, -0.2) is 0 Å². The van der Waals surface area contributed by atoms with Crippen molar-refractivity contribution in [3.8, 4) is 11.5 Å². The second-order valence-corrected chi connectivity index (χ2v) is 14.1. The van der Waals surface area contributed by atoms with Crippen molar-refractivity contribution in [2.24, 2.45) is 0 Å². The zero-order chi connectivity index (χ0) is 34.3. The number of hydrogen-bond donors (Lipinski definition) is 1. The van der Waals surface area contributed by atoms with Gasteiger partial charge in [0, 0.05) is 12.6 Å². The Kier molecular flexibility index (Phi) is 11.9. The van der Waals surface area contributed by atoms with Crippen LogP contribution < -0.4 is 14.8 Å². The Bertz CT molecular complexity index is 1890. The van der Waals surface area contributed by atoms with Gasteiger partial charge in [-0.3, -0.25) is 4.79 Å². The third-order valence-corrected chi connectivity index (χ3v) is 10.1. The molecule has 1 aliphatic rings. The van der Waals surface area contributed by atoms with Crippen molar-refractivity contribution in [3.63, 3.8) is 0 Å². The van der Waals surface area contributed by atoms with Crippen LogP contribution in [0.1, 0.15) is 35.1 Å². The van der Waals surface area contributed by atoms with Crippen LogP contribution >= 0.6 is 46.4 Å². The largest absolute Gasteiger partial charge is 0.490 e. The van der Waals surface area contributed by atoms with Crippen LogP contribution in [0.5, 0.6) is 11.5 Å². The summed E-state index contributed by atoms with van der Waals surface area (Å²) < 4.78 is 11.7. The van der Waals surface area contributed by atoms with Gasteiger partial charge in [-0.2, -0.15) is 0 Å². The van der Waals surface area contributed by atoms with Crippen molar-refractivity contribution in [1.82, 2.24) is 10.2 Å². The molecule has 0 aliphatic heterocycles. The highest BCUT2D eigenvalue weighted by molar-refractivity contribution is 6.42. The van der Waals surface area contributed by atoms with Gasteiger partial charge in [-0.1, -0.05) is 113 Å². The van der Waals surface area contributed by atoms with Crippen LogP contribution in [0.3, 0.4) is 0 Å². The zero-order valence-corrected chi connectivity index (χ0v) is 30.3. The van der Waals surface area contributed by atoms with Crippen molar-refractivity contribution >= 4 is 63.1 Å². The summed E-state index contributed by atoms with van der Waals surface area (Å²) in [7, 11) is 0. The molecule has 1 atom stereocenters. The number of amides is 1. The molecule has 9 heteroatoms. The van der Waals surface area contributed by atoms with Crippen molar-refractivity contribution in [3.05, 3.63) is 139 Å². The number of fused-ring (bicyclic) bond motifs is 1. The molecule has 254 valence electrons. The highest BCUT2D eigenvalue weighted by Gasteiger charge is 2.36. The number of carbonyl (C=O) groups is 1. The fourth-order valence-electron chi connectivity index (χ4n) is 5.94. The van der Waals surface area contributed by atoms with Crippen LogP contribution in [0.4, 0.5) is 0 Å². The summed E-state index contributed by atoms with van der Waals surface area (Å²) in [5, 5.41) is 7.96. The summed E-state index contributed by atoms with van der Waals surface area (Å²) in [6.07, 6.45) is 3.28. The maximum Gasteiger partial charge on any atom is 0.240 e. The van der Waals surface area contributed by atoms with Crippen LogP contribution in [0.2, 0.25) is 20.1 Å². The maximum absolute atomic E-state index is 14.3. The number of benzene rings is 5. The van der Waals surface area contributed by atoms with Crippen molar-refractivity contribution in [2.75, 3.05) is 19.8 Å². The first-order valence-electron chi connectivity index (χ1n) is 16.5. The summed E-state index contributed by atoms with van der Waals surface area (Å²) in [5.74, 6) is 1.22.